The second kappa shape index (κ2) is 5.13. The van der Waals surface area contributed by atoms with Gasteiger partial charge in [0.2, 0.25) is 0 Å². The first-order valence-corrected chi connectivity index (χ1v) is 6.94. The van der Waals surface area contributed by atoms with E-state index in [0.29, 0.717) is 12.6 Å². The maximum absolute atomic E-state index is 11.9. The monoisotopic (exact) mass is 320 g/mol. The van der Waals surface area contributed by atoms with Gasteiger partial charge in [-0.05, 0) is 40.9 Å². The van der Waals surface area contributed by atoms with Crippen molar-refractivity contribution in [1.82, 2.24) is 14.8 Å². The molecule has 1 aliphatic carbocycles. The predicted molar refractivity (Wildman–Crippen MR) is 76.2 cm³/mol. The van der Waals surface area contributed by atoms with Crippen molar-refractivity contribution in [1.29, 1.82) is 0 Å². The second-order valence-corrected chi connectivity index (χ2v) is 5.54. The van der Waals surface area contributed by atoms with Crippen LogP contribution in [0.1, 0.15) is 18.5 Å². The topological polar surface area (TPSA) is 59.8 Å². The van der Waals surface area contributed by atoms with E-state index in [0.717, 1.165) is 15.9 Å². The van der Waals surface area contributed by atoms with Gasteiger partial charge in [0.1, 0.15) is 0 Å². The molecule has 0 aromatic carbocycles. The molecule has 2 aromatic heterocycles. The highest BCUT2D eigenvalue weighted by molar-refractivity contribution is 9.10. The molecule has 0 unspecified atom stereocenters. The molecule has 0 saturated heterocycles. The van der Waals surface area contributed by atoms with E-state index >= 15 is 0 Å². The maximum Gasteiger partial charge on any atom is 0.269 e. The van der Waals surface area contributed by atoms with E-state index in [2.05, 4.69) is 31.3 Å². The van der Waals surface area contributed by atoms with Gasteiger partial charge in [0.15, 0.2) is 0 Å². The summed E-state index contributed by atoms with van der Waals surface area (Å²) in [6.07, 6.45) is 5.75. The second-order valence-electron chi connectivity index (χ2n) is 4.63. The van der Waals surface area contributed by atoms with Crippen molar-refractivity contribution < 1.29 is 0 Å². The highest BCUT2D eigenvalue weighted by Crippen LogP contribution is 2.23. The quantitative estimate of drug-likeness (QED) is 0.936. The Morgan fingerprint density at radius 1 is 1.37 bits per heavy atom. The summed E-state index contributed by atoms with van der Waals surface area (Å²) in [5, 5.41) is 7.42. The number of rotatable bonds is 4. The van der Waals surface area contributed by atoms with Crippen LogP contribution in [0.2, 0.25) is 0 Å². The molecule has 1 fully saturated rings. The van der Waals surface area contributed by atoms with E-state index in [1.807, 2.05) is 12.1 Å². The molecule has 2 aromatic rings. The van der Waals surface area contributed by atoms with Crippen LogP contribution in [0, 0.1) is 0 Å². The molecular formula is C13H13BrN4O. The Morgan fingerprint density at radius 2 is 2.21 bits per heavy atom. The van der Waals surface area contributed by atoms with Gasteiger partial charge in [-0.15, -0.1) is 0 Å². The van der Waals surface area contributed by atoms with Crippen LogP contribution in [0.3, 0.4) is 0 Å². The summed E-state index contributed by atoms with van der Waals surface area (Å²) in [6.45, 7) is 0.385. The molecule has 0 atom stereocenters. The lowest BCUT2D eigenvalue weighted by atomic mass is 10.3. The third kappa shape index (κ3) is 3.20. The van der Waals surface area contributed by atoms with Crippen LogP contribution in [0.15, 0.2) is 39.9 Å². The van der Waals surface area contributed by atoms with E-state index < -0.39 is 0 Å². The smallest absolute Gasteiger partial charge is 0.269 e. The van der Waals surface area contributed by atoms with Crippen LogP contribution in [0.25, 0.3) is 0 Å². The van der Waals surface area contributed by atoms with Gasteiger partial charge in [0.05, 0.1) is 24.1 Å². The van der Waals surface area contributed by atoms with E-state index in [1.54, 1.807) is 18.5 Å². The molecule has 0 amide bonds. The van der Waals surface area contributed by atoms with Crippen molar-refractivity contribution in [3.63, 3.8) is 0 Å². The van der Waals surface area contributed by atoms with Crippen molar-refractivity contribution >= 4 is 21.6 Å². The van der Waals surface area contributed by atoms with Gasteiger partial charge in [0.25, 0.3) is 5.56 Å². The minimum atomic E-state index is -0.115. The largest absolute Gasteiger partial charge is 0.381 e. The van der Waals surface area contributed by atoms with Crippen molar-refractivity contribution in [3.05, 3.63) is 51.1 Å². The van der Waals surface area contributed by atoms with Crippen molar-refractivity contribution in [2.45, 2.75) is 25.4 Å². The van der Waals surface area contributed by atoms with E-state index in [1.165, 1.54) is 17.5 Å². The molecule has 6 heteroatoms. The molecule has 1 saturated carbocycles. The van der Waals surface area contributed by atoms with Crippen LogP contribution >= 0.6 is 15.9 Å². The Labute approximate surface area is 118 Å². The molecule has 5 nitrogen and oxygen atoms in total. The van der Waals surface area contributed by atoms with Gasteiger partial charge in [-0.3, -0.25) is 9.78 Å². The minimum absolute atomic E-state index is 0.115. The summed E-state index contributed by atoms with van der Waals surface area (Å²) in [7, 11) is 0. The van der Waals surface area contributed by atoms with E-state index in [-0.39, 0.29) is 5.56 Å². The molecular weight excluding hydrogens is 308 g/mol. The number of halogens is 1. The summed E-state index contributed by atoms with van der Waals surface area (Å²) in [5.41, 5.74) is 1.49. The fourth-order valence-corrected chi connectivity index (χ4v) is 1.98. The fourth-order valence-electron chi connectivity index (χ4n) is 1.75. The molecule has 2 heterocycles. The van der Waals surface area contributed by atoms with Crippen LogP contribution in [-0.2, 0) is 6.54 Å². The van der Waals surface area contributed by atoms with Gasteiger partial charge in [-0.25, -0.2) is 4.68 Å². The average molecular weight is 321 g/mol. The van der Waals surface area contributed by atoms with Crippen molar-refractivity contribution in [2.75, 3.05) is 5.32 Å². The standard InChI is InChI=1S/C13H13BrN4O/c14-9-1-2-11(15-6-9)8-18-13(19)5-12(7-16-18)17-10-3-4-10/h1-2,5-7,10,17H,3-4,8H2. The van der Waals surface area contributed by atoms with Crippen molar-refractivity contribution in [2.24, 2.45) is 0 Å². The highest BCUT2D eigenvalue weighted by atomic mass is 79.9. The van der Waals surface area contributed by atoms with Crippen LogP contribution < -0.4 is 10.9 Å². The first-order valence-electron chi connectivity index (χ1n) is 6.15. The zero-order chi connectivity index (χ0) is 13.2. The highest BCUT2D eigenvalue weighted by Gasteiger charge is 2.21. The Bertz CT molecular complexity index is 634. The summed E-state index contributed by atoms with van der Waals surface area (Å²) in [5.74, 6) is 0. The van der Waals surface area contributed by atoms with E-state index in [9.17, 15) is 4.79 Å². The third-order valence-electron chi connectivity index (χ3n) is 2.92. The zero-order valence-electron chi connectivity index (χ0n) is 10.2. The van der Waals surface area contributed by atoms with Crippen LogP contribution in [0.4, 0.5) is 5.69 Å². The lowest BCUT2D eigenvalue weighted by molar-refractivity contribution is 0.628. The normalized spacial score (nSPS) is 14.4. The first kappa shape index (κ1) is 12.3. The van der Waals surface area contributed by atoms with Crippen molar-refractivity contribution in [3.8, 4) is 0 Å². The molecule has 19 heavy (non-hydrogen) atoms. The van der Waals surface area contributed by atoms with Crippen LogP contribution in [-0.4, -0.2) is 20.8 Å². The fraction of sp³-hybridized carbons (Fsp3) is 0.308. The maximum atomic E-state index is 11.9. The van der Waals surface area contributed by atoms with Gasteiger partial charge >= 0.3 is 0 Å². The summed E-state index contributed by atoms with van der Waals surface area (Å²) < 4.78 is 2.33. The first-order chi connectivity index (χ1) is 9.20. The number of nitrogens with one attached hydrogen (secondary N) is 1. The van der Waals surface area contributed by atoms with Gasteiger partial charge in [0, 0.05) is 22.8 Å². The molecule has 1 aliphatic rings. The number of aromatic nitrogens is 3. The minimum Gasteiger partial charge on any atom is -0.381 e. The summed E-state index contributed by atoms with van der Waals surface area (Å²) in [6, 6.07) is 5.87. The SMILES string of the molecule is O=c1cc(NC2CC2)cnn1Cc1ccc(Br)cn1. The lowest BCUT2D eigenvalue weighted by Gasteiger charge is -2.07. The number of pyridine rings is 1. The molecule has 1 N–H and O–H groups in total. The van der Waals surface area contributed by atoms with Crippen LogP contribution in [0.5, 0.6) is 0 Å². The van der Waals surface area contributed by atoms with Gasteiger partial charge in [-0.1, -0.05) is 0 Å². The molecule has 0 bridgehead atoms. The predicted octanol–water partition coefficient (Wildman–Crippen LogP) is 2.02. The molecule has 0 spiro atoms. The molecule has 98 valence electrons. The molecule has 3 rings (SSSR count). The zero-order valence-corrected chi connectivity index (χ0v) is 11.8. The Hall–Kier alpha value is -1.69. The Kier molecular flexibility index (Phi) is 3.33. The lowest BCUT2D eigenvalue weighted by Crippen LogP contribution is -2.23. The van der Waals surface area contributed by atoms with Gasteiger partial charge in [-0.2, -0.15) is 5.10 Å². The number of anilines is 1. The number of nitrogens with zero attached hydrogens (tertiary/aromatic N) is 3. The summed E-state index contributed by atoms with van der Waals surface area (Å²) >= 11 is 3.33. The third-order valence-corrected chi connectivity index (χ3v) is 3.39. The van der Waals surface area contributed by atoms with E-state index in [4.69, 9.17) is 0 Å². The molecule has 0 radical (unpaired) electrons. The Balaban J connectivity index is 1.76. The Morgan fingerprint density at radius 3 is 2.84 bits per heavy atom. The molecule has 0 aliphatic heterocycles. The summed E-state index contributed by atoms with van der Waals surface area (Å²) in [4.78, 5) is 16.2. The average Bonchev–Trinajstić information content (AvgIpc) is 3.19. The number of hydrogen-bond acceptors (Lipinski definition) is 4. The van der Waals surface area contributed by atoms with Gasteiger partial charge < -0.3 is 5.32 Å². The number of hydrogen-bond donors (Lipinski definition) is 1.